The van der Waals surface area contributed by atoms with Gasteiger partial charge >= 0.3 is 0 Å². The van der Waals surface area contributed by atoms with E-state index in [-0.39, 0.29) is 0 Å². The van der Waals surface area contributed by atoms with E-state index in [2.05, 4.69) is 6.54 Å². The smallest absolute Gasteiger partial charge is 0.0585 e. The summed E-state index contributed by atoms with van der Waals surface area (Å²) in [6.45, 7) is 6.50. The van der Waals surface area contributed by atoms with Crippen molar-refractivity contribution in [3.8, 4) is 0 Å². The Hall–Kier alpha value is -0.0400. The largest absolute Gasteiger partial charge is 0.322 e. The van der Waals surface area contributed by atoms with Crippen molar-refractivity contribution in [3.05, 3.63) is 6.54 Å². The molecular formula is C4H9N. The average molecular weight is 71.1 g/mol. The number of hydrogen-bond donors (Lipinski definition) is 1. The van der Waals surface area contributed by atoms with Gasteiger partial charge in [-0.3, -0.25) is 0 Å². The molecule has 1 heteroatoms. The first-order valence-electron chi connectivity index (χ1n) is 1.73. The molecule has 0 unspecified atom stereocenters. The molecule has 0 aromatic carbocycles. The standard InChI is InChI=1S/C4H9N/c1-4(2)3-5/h4H,5H2,1-2H3. The first-order chi connectivity index (χ1) is 2.27. The molecule has 0 saturated carbocycles. The van der Waals surface area contributed by atoms with Crippen LogP contribution in [0.1, 0.15) is 13.8 Å². The first kappa shape index (κ1) is 4.96. The van der Waals surface area contributed by atoms with Crippen LogP contribution in [0, 0.1) is 12.5 Å². The zero-order valence-corrected chi connectivity index (χ0v) is 3.65. The minimum absolute atomic E-state index is 0.412. The van der Waals surface area contributed by atoms with Crippen molar-refractivity contribution in [1.82, 2.24) is 0 Å². The van der Waals surface area contributed by atoms with Crippen molar-refractivity contribution in [1.29, 1.82) is 0 Å². The van der Waals surface area contributed by atoms with Crippen LogP contribution < -0.4 is 5.73 Å². The Labute approximate surface area is 33.2 Å². The van der Waals surface area contributed by atoms with Crippen molar-refractivity contribution < 1.29 is 0 Å². The SMILES string of the molecule is CC(C)[C]N. The summed E-state index contributed by atoms with van der Waals surface area (Å²) in [5.74, 6) is 0.412. The van der Waals surface area contributed by atoms with Crippen molar-refractivity contribution in [2.24, 2.45) is 11.7 Å². The second-order valence-electron chi connectivity index (χ2n) is 1.32. The molecule has 0 amide bonds. The van der Waals surface area contributed by atoms with E-state index in [0.29, 0.717) is 5.92 Å². The van der Waals surface area contributed by atoms with Crippen LogP contribution in [-0.2, 0) is 0 Å². The Morgan fingerprint density at radius 1 is 1.60 bits per heavy atom. The van der Waals surface area contributed by atoms with E-state index in [1.807, 2.05) is 13.8 Å². The molecular weight excluding hydrogens is 62.1 g/mol. The molecule has 0 bridgehead atoms. The summed E-state index contributed by atoms with van der Waals surface area (Å²) >= 11 is 0. The minimum Gasteiger partial charge on any atom is -0.322 e. The molecule has 0 aliphatic rings. The van der Waals surface area contributed by atoms with E-state index in [1.54, 1.807) is 0 Å². The van der Waals surface area contributed by atoms with E-state index >= 15 is 0 Å². The van der Waals surface area contributed by atoms with Crippen LogP contribution in [0.5, 0.6) is 0 Å². The van der Waals surface area contributed by atoms with Crippen molar-refractivity contribution in [3.63, 3.8) is 0 Å². The maximum absolute atomic E-state index is 4.92. The lowest BCUT2D eigenvalue weighted by atomic mass is 10.2. The molecule has 0 aliphatic carbocycles. The normalized spacial score (nSPS) is 9.60. The number of nitrogens with two attached hydrogens (primary N) is 1. The lowest BCUT2D eigenvalue weighted by Crippen LogP contribution is -1.96. The van der Waals surface area contributed by atoms with Crippen LogP contribution in [0.2, 0.25) is 0 Å². The quantitative estimate of drug-likeness (QED) is 0.451. The summed E-state index contributed by atoms with van der Waals surface area (Å²) in [6.07, 6.45) is 0. The maximum Gasteiger partial charge on any atom is 0.0585 e. The predicted molar refractivity (Wildman–Crippen MR) is 22.3 cm³/mol. The van der Waals surface area contributed by atoms with Crippen LogP contribution in [0.15, 0.2) is 0 Å². The summed E-state index contributed by atoms with van der Waals surface area (Å²) in [6, 6.07) is 0. The number of rotatable bonds is 1. The van der Waals surface area contributed by atoms with Crippen molar-refractivity contribution in [2.45, 2.75) is 13.8 Å². The van der Waals surface area contributed by atoms with Gasteiger partial charge in [0.15, 0.2) is 0 Å². The van der Waals surface area contributed by atoms with Crippen LogP contribution in [0.25, 0.3) is 0 Å². The zero-order chi connectivity index (χ0) is 4.28. The lowest BCUT2D eigenvalue weighted by molar-refractivity contribution is 0.749. The van der Waals surface area contributed by atoms with E-state index in [9.17, 15) is 0 Å². The maximum atomic E-state index is 4.92. The fourth-order valence-corrected chi connectivity index (χ4v) is 0. The summed E-state index contributed by atoms with van der Waals surface area (Å²) < 4.78 is 0. The fourth-order valence-electron chi connectivity index (χ4n) is 0. The molecule has 1 nitrogen and oxygen atoms in total. The second kappa shape index (κ2) is 2.21. The summed E-state index contributed by atoms with van der Waals surface area (Å²) in [4.78, 5) is 0. The molecule has 0 spiro atoms. The van der Waals surface area contributed by atoms with E-state index in [4.69, 9.17) is 5.73 Å². The van der Waals surface area contributed by atoms with Gasteiger partial charge in [0.05, 0.1) is 6.54 Å². The van der Waals surface area contributed by atoms with Crippen molar-refractivity contribution in [2.75, 3.05) is 0 Å². The van der Waals surface area contributed by atoms with Crippen LogP contribution in [0.4, 0.5) is 0 Å². The Bertz CT molecular complexity index is 17.6. The van der Waals surface area contributed by atoms with Crippen LogP contribution >= 0.6 is 0 Å². The van der Waals surface area contributed by atoms with Gasteiger partial charge in [0.1, 0.15) is 0 Å². The Kier molecular flexibility index (Phi) is 2.19. The van der Waals surface area contributed by atoms with Gasteiger partial charge in [-0.05, 0) is 5.92 Å². The van der Waals surface area contributed by atoms with Gasteiger partial charge in [0.25, 0.3) is 0 Å². The Morgan fingerprint density at radius 3 is 1.80 bits per heavy atom. The van der Waals surface area contributed by atoms with Crippen LogP contribution in [0.3, 0.4) is 0 Å². The molecule has 0 fully saturated rings. The summed E-state index contributed by atoms with van der Waals surface area (Å²) in [5, 5.41) is 0. The van der Waals surface area contributed by atoms with Gasteiger partial charge in [-0.15, -0.1) is 0 Å². The van der Waals surface area contributed by atoms with Gasteiger partial charge in [0, 0.05) is 0 Å². The van der Waals surface area contributed by atoms with E-state index < -0.39 is 0 Å². The highest BCUT2D eigenvalue weighted by Gasteiger charge is 1.82. The van der Waals surface area contributed by atoms with Gasteiger partial charge in [-0.25, -0.2) is 0 Å². The molecule has 5 heavy (non-hydrogen) atoms. The molecule has 0 aliphatic heterocycles. The molecule has 0 aromatic rings. The Morgan fingerprint density at radius 2 is 1.80 bits per heavy atom. The summed E-state index contributed by atoms with van der Waals surface area (Å²) in [7, 11) is 0. The molecule has 0 rings (SSSR count). The lowest BCUT2D eigenvalue weighted by Gasteiger charge is -1.89. The van der Waals surface area contributed by atoms with Gasteiger partial charge in [-0.2, -0.15) is 0 Å². The Balaban J connectivity index is 2.54. The molecule has 0 heterocycles. The monoisotopic (exact) mass is 71.1 g/mol. The molecule has 2 radical (unpaired) electrons. The number of hydrogen-bond acceptors (Lipinski definition) is 1. The fraction of sp³-hybridized carbons (Fsp3) is 0.750. The summed E-state index contributed by atoms with van der Waals surface area (Å²) in [5.41, 5.74) is 4.92. The van der Waals surface area contributed by atoms with E-state index in [1.165, 1.54) is 0 Å². The highest BCUT2D eigenvalue weighted by atomic mass is 14.5. The van der Waals surface area contributed by atoms with Gasteiger partial charge in [0.2, 0.25) is 0 Å². The first-order valence-corrected chi connectivity index (χ1v) is 1.73. The molecule has 30 valence electrons. The third kappa shape index (κ3) is 3.96. The average Bonchev–Trinajstić information content (AvgIpc) is 1.38. The highest BCUT2D eigenvalue weighted by molar-refractivity contribution is 4.55. The minimum atomic E-state index is 0.412. The van der Waals surface area contributed by atoms with E-state index in [0.717, 1.165) is 0 Å². The third-order valence-electron chi connectivity index (χ3n) is 0.333. The van der Waals surface area contributed by atoms with Gasteiger partial charge < -0.3 is 5.73 Å². The highest BCUT2D eigenvalue weighted by Crippen LogP contribution is 1.86. The van der Waals surface area contributed by atoms with Gasteiger partial charge in [-0.1, -0.05) is 13.8 Å². The van der Waals surface area contributed by atoms with Crippen molar-refractivity contribution >= 4 is 0 Å². The molecule has 0 atom stereocenters. The second-order valence-corrected chi connectivity index (χ2v) is 1.32. The zero-order valence-electron chi connectivity index (χ0n) is 3.65. The molecule has 0 saturated heterocycles. The predicted octanol–water partition coefficient (Wildman–Crippen LogP) is 0.640. The topological polar surface area (TPSA) is 26.0 Å². The third-order valence-corrected chi connectivity index (χ3v) is 0.333. The van der Waals surface area contributed by atoms with Crippen LogP contribution in [-0.4, -0.2) is 0 Å². The molecule has 2 N–H and O–H groups in total. The molecule has 0 aromatic heterocycles.